The number of carbonyl (C=O) groups is 4. The maximum atomic E-state index is 14.8. The Labute approximate surface area is 279 Å². The van der Waals surface area contributed by atoms with E-state index in [0.717, 1.165) is 17.7 Å². The predicted octanol–water partition coefficient (Wildman–Crippen LogP) is 5.42. The summed E-state index contributed by atoms with van der Waals surface area (Å²) in [5.74, 6) is -2.91. The Kier molecular flexibility index (Phi) is 8.12. The number of fused-ring (bicyclic) bond motifs is 1. The smallest absolute Gasteiger partial charge is 0.335 e. The van der Waals surface area contributed by atoms with Crippen LogP contribution in [0.1, 0.15) is 63.7 Å². The van der Waals surface area contributed by atoms with Crippen molar-refractivity contribution in [1.82, 2.24) is 14.5 Å². The third-order valence-corrected chi connectivity index (χ3v) is 9.74. The van der Waals surface area contributed by atoms with Crippen LogP contribution in [0.15, 0.2) is 73.2 Å². The SMILES string of the molecule is O=C1CCC2(CCN(c3cccc4c3CCN(C(=O)c3cn(-c5cccc(Cl)c5F)cn3)C4C(=O)Nc3ccc(C(=O)O)cc3)CC2)O1. The summed E-state index contributed by atoms with van der Waals surface area (Å²) in [7, 11) is 0. The summed E-state index contributed by atoms with van der Waals surface area (Å²) < 4.78 is 21.8. The summed E-state index contributed by atoms with van der Waals surface area (Å²) in [5.41, 5.74) is 2.72. The van der Waals surface area contributed by atoms with E-state index < -0.39 is 35.2 Å². The van der Waals surface area contributed by atoms with E-state index >= 15 is 0 Å². The highest BCUT2D eigenvalue weighted by molar-refractivity contribution is 6.30. The van der Waals surface area contributed by atoms with Crippen LogP contribution in [-0.2, 0) is 20.7 Å². The molecule has 0 saturated carbocycles. The number of imidazole rings is 1. The molecular formula is C35H31ClFN5O6. The highest BCUT2D eigenvalue weighted by atomic mass is 35.5. The minimum Gasteiger partial charge on any atom is -0.478 e. The zero-order chi connectivity index (χ0) is 33.6. The number of carboxylic acid groups (broad SMARTS) is 1. The van der Waals surface area contributed by atoms with E-state index in [1.807, 2.05) is 18.2 Å². The van der Waals surface area contributed by atoms with Gasteiger partial charge in [-0.2, -0.15) is 0 Å². The molecule has 1 unspecified atom stereocenters. The zero-order valence-corrected chi connectivity index (χ0v) is 26.5. The van der Waals surface area contributed by atoms with Crippen molar-refractivity contribution in [3.63, 3.8) is 0 Å². The van der Waals surface area contributed by atoms with Gasteiger partial charge in [-0.1, -0.05) is 29.8 Å². The fourth-order valence-electron chi connectivity index (χ4n) is 6.94. The second-order valence-corrected chi connectivity index (χ2v) is 12.7. The van der Waals surface area contributed by atoms with Gasteiger partial charge in [0.25, 0.3) is 11.8 Å². The van der Waals surface area contributed by atoms with Gasteiger partial charge in [0.2, 0.25) is 0 Å². The van der Waals surface area contributed by atoms with Crippen molar-refractivity contribution in [3.8, 4) is 5.69 Å². The molecule has 48 heavy (non-hydrogen) atoms. The van der Waals surface area contributed by atoms with Crippen LogP contribution in [0, 0.1) is 5.82 Å². The Morgan fingerprint density at radius 3 is 2.40 bits per heavy atom. The van der Waals surface area contributed by atoms with Gasteiger partial charge in [0.15, 0.2) is 5.82 Å². The molecule has 1 atom stereocenters. The minimum atomic E-state index is -1.09. The van der Waals surface area contributed by atoms with Gasteiger partial charge in [-0.25, -0.2) is 14.2 Å². The van der Waals surface area contributed by atoms with Crippen LogP contribution in [0.3, 0.4) is 0 Å². The number of nitrogens with one attached hydrogen (secondary N) is 1. The molecule has 3 aromatic carbocycles. The summed E-state index contributed by atoms with van der Waals surface area (Å²) in [4.78, 5) is 59.4. The van der Waals surface area contributed by atoms with E-state index in [1.165, 1.54) is 58.4 Å². The van der Waals surface area contributed by atoms with Crippen molar-refractivity contribution in [2.45, 2.75) is 43.7 Å². The summed E-state index contributed by atoms with van der Waals surface area (Å²) in [6.07, 6.45) is 5.77. The molecule has 11 nitrogen and oxygen atoms in total. The molecule has 7 rings (SSSR count). The number of carbonyl (C=O) groups excluding carboxylic acids is 3. The van der Waals surface area contributed by atoms with Gasteiger partial charge in [0.05, 0.1) is 16.3 Å². The molecule has 2 saturated heterocycles. The average molecular weight is 672 g/mol. The lowest BCUT2D eigenvalue weighted by Gasteiger charge is -2.42. The van der Waals surface area contributed by atoms with Crippen molar-refractivity contribution < 1.29 is 33.4 Å². The molecular weight excluding hydrogens is 641 g/mol. The fourth-order valence-corrected chi connectivity index (χ4v) is 7.11. The number of rotatable bonds is 6. The van der Waals surface area contributed by atoms with E-state index in [0.29, 0.717) is 50.0 Å². The number of anilines is 2. The maximum Gasteiger partial charge on any atom is 0.335 e. The Morgan fingerprint density at radius 1 is 0.958 bits per heavy atom. The number of carboxylic acids is 1. The molecule has 1 aromatic heterocycles. The number of piperidine rings is 1. The first kappa shape index (κ1) is 31.4. The summed E-state index contributed by atoms with van der Waals surface area (Å²) >= 11 is 5.97. The second kappa shape index (κ2) is 12.4. The lowest BCUT2D eigenvalue weighted by molar-refractivity contribution is -0.149. The van der Waals surface area contributed by atoms with Gasteiger partial charge in [-0.05, 0) is 66.4 Å². The molecule has 4 heterocycles. The number of benzene rings is 3. The van der Waals surface area contributed by atoms with E-state index in [-0.39, 0.29) is 34.5 Å². The Morgan fingerprint density at radius 2 is 1.69 bits per heavy atom. The number of hydrogen-bond donors (Lipinski definition) is 2. The first-order valence-electron chi connectivity index (χ1n) is 15.6. The maximum absolute atomic E-state index is 14.8. The molecule has 0 aliphatic carbocycles. The van der Waals surface area contributed by atoms with Crippen LogP contribution in [0.5, 0.6) is 0 Å². The third kappa shape index (κ3) is 5.76. The Balaban J connectivity index is 1.21. The summed E-state index contributed by atoms with van der Waals surface area (Å²) in [6, 6.07) is 14.9. The van der Waals surface area contributed by atoms with E-state index in [1.54, 1.807) is 6.07 Å². The zero-order valence-electron chi connectivity index (χ0n) is 25.7. The van der Waals surface area contributed by atoms with Gasteiger partial charge >= 0.3 is 11.9 Å². The molecule has 1 spiro atoms. The molecule has 2 amide bonds. The van der Waals surface area contributed by atoms with E-state index in [2.05, 4.69) is 15.2 Å². The van der Waals surface area contributed by atoms with Crippen LogP contribution in [0.25, 0.3) is 5.69 Å². The molecule has 3 aliphatic rings. The first-order chi connectivity index (χ1) is 23.1. The number of nitrogens with zero attached hydrogens (tertiary/aromatic N) is 4. The monoisotopic (exact) mass is 671 g/mol. The number of aromatic carboxylic acids is 1. The minimum absolute atomic E-state index is 0.0185. The highest BCUT2D eigenvalue weighted by Crippen LogP contribution is 2.41. The van der Waals surface area contributed by atoms with Crippen LogP contribution < -0.4 is 10.2 Å². The Bertz CT molecular complexity index is 1940. The quantitative estimate of drug-likeness (QED) is 0.260. The third-order valence-electron chi connectivity index (χ3n) is 9.45. The molecule has 0 radical (unpaired) electrons. The summed E-state index contributed by atoms with van der Waals surface area (Å²) in [6.45, 7) is 1.56. The number of aromatic nitrogens is 2. The number of hydrogen-bond acceptors (Lipinski definition) is 7. The topological polar surface area (TPSA) is 134 Å². The van der Waals surface area contributed by atoms with Crippen LogP contribution in [0.2, 0.25) is 5.02 Å². The summed E-state index contributed by atoms with van der Waals surface area (Å²) in [5, 5.41) is 12.1. The van der Waals surface area contributed by atoms with Crippen LogP contribution in [-0.4, -0.2) is 68.5 Å². The number of ether oxygens (including phenoxy) is 1. The molecule has 3 aliphatic heterocycles. The molecule has 4 aromatic rings. The fraction of sp³-hybridized carbons (Fsp3) is 0.286. The molecule has 2 N–H and O–H groups in total. The predicted molar refractivity (Wildman–Crippen MR) is 174 cm³/mol. The van der Waals surface area contributed by atoms with Crippen molar-refractivity contribution in [2.75, 3.05) is 29.9 Å². The van der Waals surface area contributed by atoms with Crippen LogP contribution >= 0.6 is 11.6 Å². The normalized spacial score (nSPS) is 18.4. The van der Waals surface area contributed by atoms with Gasteiger partial charge in [-0.3, -0.25) is 14.4 Å². The number of halogens is 2. The Hall–Kier alpha value is -5.23. The van der Waals surface area contributed by atoms with Gasteiger partial charge in [0, 0.05) is 56.5 Å². The first-order valence-corrected chi connectivity index (χ1v) is 16.0. The molecule has 13 heteroatoms. The number of amides is 2. The van der Waals surface area contributed by atoms with Crippen LogP contribution in [0.4, 0.5) is 15.8 Å². The lowest BCUT2D eigenvalue weighted by atomic mass is 9.86. The standard InChI is InChI=1S/C35H31ClFN5O6/c36-25-4-2-6-28(30(25)37)41-19-26(38-20-41)33(45)42-16-12-23-24(31(42)32(44)39-22-9-7-21(8-10-22)34(46)47)3-1-5-27(23)40-17-14-35(15-18-40)13-11-29(43)48-35/h1-10,19-20,31H,11-18H2,(H,39,44)(H,46,47). The van der Waals surface area contributed by atoms with Gasteiger partial charge < -0.3 is 29.5 Å². The largest absolute Gasteiger partial charge is 0.478 e. The molecule has 2 fully saturated rings. The second-order valence-electron chi connectivity index (χ2n) is 12.3. The number of esters is 1. The molecule has 246 valence electrons. The van der Waals surface area contributed by atoms with Gasteiger partial charge in [0.1, 0.15) is 23.7 Å². The lowest BCUT2D eigenvalue weighted by Crippen LogP contribution is -2.47. The van der Waals surface area contributed by atoms with E-state index in [4.69, 9.17) is 16.3 Å². The molecule has 0 bridgehead atoms. The van der Waals surface area contributed by atoms with Crippen molar-refractivity contribution in [1.29, 1.82) is 0 Å². The highest BCUT2D eigenvalue weighted by Gasteiger charge is 2.44. The van der Waals surface area contributed by atoms with Crippen molar-refractivity contribution in [3.05, 3.63) is 106 Å². The van der Waals surface area contributed by atoms with Crippen molar-refractivity contribution >= 4 is 46.7 Å². The average Bonchev–Trinajstić information content (AvgIpc) is 3.72. The van der Waals surface area contributed by atoms with E-state index in [9.17, 15) is 28.7 Å². The van der Waals surface area contributed by atoms with Crippen molar-refractivity contribution in [2.24, 2.45) is 0 Å². The van der Waals surface area contributed by atoms with Gasteiger partial charge in [-0.15, -0.1) is 0 Å².